The minimum atomic E-state index is -0.152. The average Bonchev–Trinajstić information content (AvgIpc) is 3.71. The summed E-state index contributed by atoms with van der Waals surface area (Å²) >= 11 is 7.41. The molecule has 10 heteroatoms. The molecule has 2 saturated carbocycles. The van der Waals surface area contributed by atoms with E-state index in [1.807, 2.05) is 6.20 Å². The summed E-state index contributed by atoms with van der Waals surface area (Å²) in [6.45, 7) is 0.534. The molecule has 6 rings (SSSR count). The number of carbonyl (C=O) groups is 1. The summed E-state index contributed by atoms with van der Waals surface area (Å²) in [6, 6.07) is 7.82. The number of carbonyl (C=O) groups excluding carboxylic acids is 1. The van der Waals surface area contributed by atoms with E-state index in [9.17, 15) is 4.79 Å². The molecular formula is C22H20ClN7OS. The number of anilines is 2. The van der Waals surface area contributed by atoms with Crippen LogP contribution in [0.1, 0.15) is 48.0 Å². The molecular weight excluding hydrogens is 446 g/mol. The third-order valence-corrected chi connectivity index (χ3v) is 6.91. The largest absolute Gasteiger partial charge is 0.355 e. The van der Waals surface area contributed by atoms with Crippen LogP contribution in [0, 0.1) is 5.92 Å². The van der Waals surface area contributed by atoms with E-state index >= 15 is 0 Å². The van der Waals surface area contributed by atoms with Gasteiger partial charge in [0.15, 0.2) is 0 Å². The first-order chi connectivity index (χ1) is 15.6. The van der Waals surface area contributed by atoms with Crippen LogP contribution in [0.25, 0.3) is 5.65 Å². The first kappa shape index (κ1) is 19.6. The molecule has 4 aromatic rings. The van der Waals surface area contributed by atoms with Crippen LogP contribution in [-0.4, -0.2) is 29.6 Å². The first-order valence-electron chi connectivity index (χ1n) is 10.6. The number of amides is 1. The Bertz CT molecular complexity index is 1310. The average molecular weight is 466 g/mol. The molecule has 2 fully saturated rings. The standard InChI is InChI=1S/C22H20ClN7OS/c23-17-2-1-7-24-19(17)15-8-16(15)20(31)27-21-28-22(32-29-21)25-9-14-11-30-10-13(12-3-4-12)5-6-18(30)26-14/h1-2,5-7,10-12,15-16H,3-4,8-9H2,(H2,25,27,28,29,31). The van der Waals surface area contributed by atoms with Gasteiger partial charge < -0.3 is 9.72 Å². The lowest BCUT2D eigenvalue weighted by molar-refractivity contribution is -0.117. The Kier molecular flexibility index (Phi) is 4.80. The maximum Gasteiger partial charge on any atom is 0.243 e. The molecule has 2 atom stereocenters. The number of hydrogen-bond acceptors (Lipinski definition) is 7. The smallest absolute Gasteiger partial charge is 0.243 e. The van der Waals surface area contributed by atoms with Crippen LogP contribution in [0.15, 0.2) is 42.9 Å². The Hall–Kier alpha value is -3.04. The van der Waals surface area contributed by atoms with E-state index in [0.717, 1.165) is 23.5 Å². The molecule has 2 N–H and O–H groups in total. The van der Waals surface area contributed by atoms with Gasteiger partial charge in [0.2, 0.25) is 17.0 Å². The molecule has 0 radical (unpaired) electrons. The van der Waals surface area contributed by atoms with Crippen molar-refractivity contribution in [1.29, 1.82) is 0 Å². The van der Waals surface area contributed by atoms with Crippen LogP contribution in [0.4, 0.5) is 11.1 Å². The summed E-state index contributed by atoms with van der Waals surface area (Å²) in [5.74, 6) is 0.818. The van der Waals surface area contributed by atoms with Crippen LogP contribution in [0.5, 0.6) is 0 Å². The highest BCUT2D eigenvalue weighted by atomic mass is 35.5. The van der Waals surface area contributed by atoms with Crippen molar-refractivity contribution in [2.75, 3.05) is 10.6 Å². The SMILES string of the molecule is O=C(Nc1nsc(NCc2cn3cc(C4CC4)ccc3n2)n1)C1CC1c1ncccc1Cl. The molecule has 0 aromatic carbocycles. The molecule has 0 aliphatic heterocycles. The summed E-state index contributed by atoms with van der Waals surface area (Å²) in [7, 11) is 0. The Morgan fingerprint density at radius 3 is 2.97 bits per heavy atom. The predicted molar refractivity (Wildman–Crippen MR) is 123 cm³/mol. The van der Waals surface area contributed by atoms with E-state index in [4.69, 9.17) is 11.6 Å². The number of pyridine rings is 2. The van der Waals surface area contributed by atoms with Crippen molar-refractivity contribution in [3.63, 3.8) is 0 Å². The highest BCUT2D eigenvalue weighted by Crippen LogP contribution is 2.49. The fourth-order valence-corrected chi connectivity index (χ4v) is 4.76. The van der Waals surface area contributed by atoms with Gasteiger partial charge in [0, 0.05) is 42.0 Å². The highest BCUT2D eigenvalue weighted by Gasteiger charge is 2.46. The summed E-state index contributed by atoms with van der Waals surface area (Å²) < 4.78 is 6.32. The molecule has 1 amide bonds. The van der Waals surface area contributed by atoms with E-state index in [1.54, 1.807) is 18.3 Å². The van der Waals surface area contributed by atoms with Crippen molar-refractivity contribution >= 4 is 45.8 Å². The van der Waals surface area contributed by atoms with Crippen molar-refractivity contribution in [1.82, 2.24) is 23.7 Å². The van der Waals surface area contributed by atoms with Gasteiger partial charge in [-0.1, -0.05) is 17.7 Å². The number of fused-ring (bicyclic) bond motifs is 1. The molecule has 2 aliphatic carbocycles. The lowest BCUT2D eigenvalue weighted by Gasteiger charge is -2.02. The molecule has 8 nitrogen and oxygen atoms in total. The van der Waals surface area contributed by atoms with Crippen molar-refractivity contribution < 1.29 is 4.79 Å². The van der Waals surface area contributed by atoms with Crippen LogP contribution in [0.2, 0.25) is 5.02 Å². The van der Waals surface area contributed by atoms with Gasteiger partial charge in [0.05, 0.1) is 23.0 Å². The van der Waals surface area contributed by atoms with Crippen LogP contribution < -0.4 is 10.6 Å². The van der Waals surface area contributed by atoms with Crippen LogP contribution in [0.3, 0.4) is 0 Å². The fourth-order valence-electron chi connectivity index (χ4n) is 3.98. The molecule has 2 unspecified atom stereocenters. The minimum absolute atomic E-state index is 0.0513. The maximum absolute atomic E-state index is 12.5. The predicted octanol–water partition coefficient (Wildman–Crippen LogP) is 4.47. The van der Waals surface area contributed by atoms with Gasteiger partial charge in [-0.05, 0) is 48.9 Å². The van der Waals surface area contributed by atoms with Crippen molar-refractivity contribution in [2.24, 2.45) is 5.92 Å². The lowest BCUT2D eigenvalue weighted by Crippen LogP contribution is -2.15. The number of nitrogens with one attached hydrogen (secondary N) is 2. The Morgan fingerprint density at radius 2 is 2.12 bits per heavy atom. The fraction of sp³-hybridized carbons (Fsp3) is 0.318. The van der Waals surface area contributed by atoms with Gasteiger partial charge in [-0.25, -0.2) is 4.98 Å². The topological polar surface area (TPSA) is 97.1 Å². The maximum atomic E-state index is 12.5. The van der Waals surface area contributed by atoms with Gasteiger partial charge in [-0.3, -0.25) is 15.1 Å². The third kappa shape index (κ3) is 3.93. The molecule has 4 aromatic heterocycles. The van der Waals surface area contributed by atoms with Crippen LogP contribution in [-0.2, 0) is 11.3 Å². The zero-order valence-corrected chi connectivity index (χ0v) is 18.6. The monoisotopic (exact) mass is 465 g/mol. The molecule has 162 valence electrons. The zero-order valence-electron chi connectivity index (χ0n) is 17.0. The van der Waals surface area contributed by atoms with Crippen molar-refractivity contribution in [3.05, 3.63) is 64.8 Å². The number of nitrogens with zero attached hydrogens (tertiary/aromatic N) is 5. The number of hydrogen-bond donors (Lipinski definition) is 2. The number of rotatable bonds is 7. The summed E-state index contributed by atoms with van der Waals surface area (Å²) in [5, 5.41) is 7.28. The van der Waals surface area contributed by atoms with E-state index in [-0.39, 0.29) is 17.7 Å². The van der Waals surface area contributed by atoms with E-state index in [2.05, 4.69) is 52.7 Å². The Balaban J connectivity index is 1.05. The molecule has 32 heavy (non-hydrogen) atoms. The number of imidazole rings is 1. The lowest BCUT2D eigenvalue weighted by atomic mass is 10.2. The summed E-state index contributed by atoms with van der Waals surface area (Å²) in [4.78, 5) is 25.9. The quantitative estimate of drug-likeness (QED) is 0.418. The Labute approximate surface area is 193 Å². The zero-order chi connectivity index (χ0) is 21.7. The summed E-state index contributed by atoms with van der Waals surface area (Å²) in [6.07, 6.45) is 9.20. The van der Waals surface area contributed by atoms with Crippen LogP contribution >= 0.6 is 23.1 Å². The van der Waals surface area contributed by atoms with Gasteiger partial charge in [-0.2, -0.15) is 9.36 Å². The van der Waals surface area contributed by atoms with E-state index in [0.29, 0.717) is 28.6 Å². The van der Waals surface area contributed by atoms with Gasteiger partial charge in [0.25, 0.3) is 0 Å². The normalized spacial score (nSPS) is 19.8. The second-order valence-electron chi connectivity index (χ2n) is 8.32. The summed E-state index contributed by atoms with van der Waals surface area (Å²) in [5.41, 5.74) is 4.01. The number of aromatic nitrogens is 5. The molecule has 4 heterocycles. The minimum Gasteiger partial charge on any atom is -0.355 e. The second-order valence-corrected chi connectivity index (χ2v) is 9.48. The first-order valence-corrected chi connectivity index (χ1v) is 11.8. The molecule has 0 bridgehead atoms. The van der Waals surface area contributed by atoms with Gasteiger partial charge in [-0.15, -0.1) is 0 Å². The Morgan fingerprint density at radius 1 is 1.22 bits per heavy atom. The number of halogens is 1. The molecule has 0 spiro atoms. The van der Waals surface area contributed by atoms with Crippen molar-refractivity contribution in [2.45, 2.75) is 37.6 Å². The van der Waals surface area contributed by atoms with E-state index in [1.165, 1.54) is 29.9 Å². The molecule has 0 saturated heterocycles. The second kappa shape index (κ2) is 7.83. The highest BCUT2D eigenvalue weighted by molar-refractivity contribution is 7.09. The third-order valence-electron chi connectivity index (χ3n) is 5.92. The molecule has 2 aliphatic rings. The van der Waals surface area contributed by atoms with Crippen molar-refractivity contribution in [3.8, 4) is 0 Å². The van der Waals surface area contributed by atoms with Gasteiger partial charge >= 0.3 is 0 Å². The van der Waals surface area contributed by atoms with Gasteiger partial charge in [0.1, 0.15) is 5.65 Å². The van der Waals surface area contributed by atoms with E-state index < -0.39 is 0 Å².